The van der Waals surface area contributed by atoms with Crippen LogP contribution in [0.4, 0.5) is 5.82 Å². The van der Waals surface area contributed by atoms with Crippen LogP contribution in [0.1, 0.15) is 6.42 Å². The number of aromatic amines is 1. The first-order valence-corrected chi connectivity index (χ1v) is 5.79. The summed E-state index contributed by atoms with van der Waals surface area (Å²) in [5.41, 5.74) is -0.0699. The van der Waals surface area contributed by atoms with Gasteiger partial charge in [-0.25, -0.2) is 0 Å². The average Bonchev–Trinajstić information content (AvgIpc) is 2.76. The minimum absolute atomic E-state index is 0.0699. The van der Waals surface area contributed by atoms with Crippen LogP contribution in [0.5, 0.6) is 0 Å². The van der Waals surface area contributed by atoms with E-state index in [0.717, 1.165) is 24.2 Å². The summed E-state index contributed by atoms with van der Waals surface area (Å²) in [6.07, 6.45) is 0.472. The first-order chi connectivity index (χ1) is 8.24. The zero-order chi connectivity index (χ0) is 11.8. The Balaban J connectivity index is 2.09. The molecule has 0 aliphatic carbocycles. The molecule has 1 aliphatic heterocycles. The van der Waals surface area contributed by atoms with Gasteiger partial charge in [0.2, 0.25) is 0 Å². The summed E-state index contributed by atoms with van der Waals surface area (Å²) in [6, 6.07) is 9.49. The Labute approximate surface area is 98.5 Å². The van der Waals surface area contributed by atoms with Gasteiger partial charge in [0.25, 0.3) is 5.56 Å². The Hall–Kier alpha value is -1.81. The van der Waals surface area contributed by atoms with Crippen LogP contribution in [-0.4, -0.2) is 29.3 Å². The highest BCUT2D eigenvalue weighted by atomic mass is 16.3. The molecule has 1 unspecified atom stereocenters. The molecule has 1 fully saturated rings. The summed E-state index contributed by atoms with van der Waals surface area (Å²) >= 11 is 0. The topological polar surface area (TPSA) is 56.3 Å². The van der Waals surface area contributed by atoms with Gasteiger partial charge in [0.1, 0.15) is 5.82 Å². The summed E-state index contributed by atoms with van der Waals surface area (Å²) in [5, 5.41) is 11.2. The normalized spacial score (nSPS) is 20.1. The minimum atomic E-state index is -0.287. The molecule has 0 spiro atoms. The van der Waals surface area contributed by atoms with Crippen molar-refractivity contribution >= 4 is 16.6 Å². The molecule has 1 aromatic carbocycles. The van der Waals surface area contributed by atoms with Gasteiger partial charge in [-0.2, -0.15) is 0 Å². The number of pyridine rings is 1. The van der Waals surface area contributed by atoms with Crippen LogP contribution < -0.4 is 10.5 Å². The van der Waals surface area contributed by atoms with E-state index in [2.05, 4.69) is 4.98 Å². The molecule has 17 heavy (non-hydrogen) atoms. The number of anilines is 1. The lowest BCUT2D eigenvalue weighted by molar-refractivity contribution is 0.198. The molecule has 2 heterocycles. The number of aliphatic hydroxyl groups is 1. The molecular weight excluding hydrogens is 216 g/mol. The summed E-state index contributed by atoms with van der Waals surface area (Å²) in [5.74, 6) is 0.797. The second kappa shape index (κ2) is 3.89. The van der Waals surface area contributed by atoms with Gasteiger partial charge in [-0.05, 0) is 23.9 Å². The molecule has 4 nitrogen and oxygen atoms in total. The lowest BCUT2D eigenvalue weighted by Gasteiger charge is -2.17. The first-order valence-electron chi connectivity index (χ1n) is 5.79. The summed E-state index contributed by atoms with van der Waals surface area (Å²) in [7, 11) is 0. The van der Waals surface area contributed by atoms with Gasteiger partial charge in [0, 0.05) is 18.5 Å². The molecule has 88 valence electrons. The molecule has 2 N–H and O–H groups in total. The Morgan fingerprint density at radius 1 is 1.35 bits per heavy atom. The summed E-state index contributed by atoms with van der Waals surface area (Å²) in [4.78, 5) is 16.8. The quantitative estimate of drug-likeness (QED) is 0.771. The van der Waals surface area contributed by atoms with E-state index in [-0.39, 0.29) is 11.7 Å². The molecule has 3 rings (SSSR count). The number of aromatic nitrogens is 1. The molecule has 1 aromatic heterocycles. The third-order valence-electron chi connectivity index (χ3n) is 3.24. The largest absolute Gasteiger partial charge is 0.391 e. The van der Waals surface area contributed by atoms with Crippen molar-refractivity contribution in [1.29, 1.82) is 0 Å². The van der Waals surface area contributed by atoms with E-state index in [4.69, 9.17) is 0 Å². The van der Waals surface area contributed by atoms with Crippen LogP contribution in [0.2, 0.25) is 0 Å². The van der Waals surface area contributed by atoms with Gasteiger partial charge < -0.3 is 15.0 Å². The van der Waals surface area contributed by atoms with Gasteiger partial charge in [-0.1, -0.05) is 18.2 Å². The zero-order valence-electron chi connectivity index (χ0n) is 9.39. The van der Waals surface area contributed by atoms with Gasteiger partial charge in [0.05, 0.1) is 6.10 Å². The Morgan fingerprint density at radius 2 is 2.18 bits per heavy atom. The van der Waals surface area contributed by atoms with E-state index < -0.39 is 0 Å². The molecule has 0 bridgehead atoms. The third kappa shape index (κ3) is 1.80. The molecule has 0 radical (unpaired) electrons. The maximum Gasteiger partial charge on any atom is 0.257 e. The van der Waals surface area contributed by atoms with Crippen LogP contribution in [0.3, 0.4) is 0 Å². The average molecular weight is 230 g/mol. The SMILES string of the molecule is O=c1[nH]c(N2CCC(O)C2)cc2ccccc12. The van der Waals surface area contributed by atoms with Crippen LogP contribution in [0.25, 0.3) is 10.8 Å². The lowest BCUT2D eigenvalue weighted by atomic mass is 10.2. The molecule has 2 aromatic rings. The molecule has 1 saturated heterocycles. The Bertz CT molecular complexity index is 606. The molecule has 4 heteroatoms. The maximum atomic E-state index is 11.9. The van der Waals surface area contributed by atoms with Crippen molar-refractivity contribution in [1.82, 2.24) is 4.98 Å². The summed E-state index contributed by atoms with van der Waals surface area (Å²) in [6.45, 7) is 1.38. The fourth-order valence-electron chi connectivity index (χ4n) is 2.33. The number of H-pyrrole nitrogens is 1. The van der Waals surface area contributed by atoms with Crippen LogP contribution in [0, 0.1) is 0 Å². The van der Waals surface area contributed by atoms with E-state index in [9.17, 15) is 9.90 Å². The fourth-order valence-corrected chi connectivity index (χ4v) is 2.33. The Kier molecular flexibility index (Phi) is 2.37. The number of nitrogens with one attached hydrogen (secondary N) is 1. The molecule has 1 atom stereocenters. The molecular formula is C13H14N2O2. The van der Waals surface area contributed by atoms with Gasteiger partial charge in [-0.3, -0.25) is 4.79 Å². The van der Waals surface area contributed by atoms with Crippen molar-refractivity contribution in [3.05, 3.63) is 40.7 Å². The van der Waals surface area contributed by atoms with Crippen molar-refractivity contribution in [3.63, 3.8) is 0 Å². The lowest BCUT2D eigenvalue weighted by Crippen LogP contribution is -2.24. The molecule has 1 aliphatic rings. The maximum absolute atomic E-state index is 11.9. The second-order valence-corrected chi connectivity index (χ2v) is 4.46. The van der Waals surface area contributed by atoms with E-state index >= 15 is 0 Å². The second-order valence-electron chi connectivity index (χ2n) is 4.46. The number of benzene rings is 1. The number of hydrogen-bond donors (Lipinski definition) is 2. The molecule has 0 saturated carbocycles. The predicted molar refractivity (Wildman–Crippen MR) is 67.4 cm³/mol. The van der Waals surface area contributed by atoms with E-state index in [1.165, 1.54) is 0 Å². The Morgan fingerprint density at radius 3 is 2.94 bits per heavy atom. The summed E-state index contributed by atoms with van der Waals surface area (Å²) < 4.78 is 0. The number of nitrogens with zero attached hydrogens (tertiary/aromatic N) is 1. The fraction of sp³-hybridized carbons (Fsp3) is 0.308. The van der Waals surface area contributed by atoms with Crippen molar-refractivity contribution in [3.8, 4) is 0 Å². The van der Waals surface area contributed by atoms with Crippen molar-refractivity contribution in [2.45, 2.75) is 12.5 Å². The van der Waals surface area contributed by atoms with Crippen molar-refractivity contribution < 1.29 is 5.11 Å². The number of rotatable bonds is 1. The van der Waals surface area contributed by atoms with E-state index in [1.807, 2.05) is 35.2 Å². The smallest absolute Gasteiger partial charge is 0.257 e. The number of aliphatic hydroxyl groups excluding tert-OH is 1. The van der Waals surface area contributed by atoms with Gasteiger partial charge in [0.15, 0.2) is 0 Å². The first kappa shape index (κ1) is 10.4. The number of β-amino-alcohol motifs (C(OH)–C–C–N with tert-alkyl or cyclic N) is 1. The van der Waals surface area contributed by atoms with E-state index in [0.29, 0.717) is 11.9 Å². The third-order valence-corrected chi connectivity index (χ3v) is 3.24. The highest BCUT2D eigenvalue weighted by Crippen LogP contribution is 2.20. The van der Waals surface area contributed by atoms with E-state index in [1.54, 1.807) is 0 Å². The number of hydrogen-bond acceptors (Lipinski definition) is 3. The monoisotopic (exact) mass is 230 g/mol. The number of fused-ring (bicyclic) bond motifs is 1. The van der Waals surface area contributed by atoms with Crippen molar-refractivity contribution in [2.75, 3.05) is 18.0 Å². The van der Waals surface area contributed by atoms with Crippen molar-refractivity contribution in [2.24, 2.45) is 0 Å². The highest BCUT2D eigenvalue weighted by Gasteiger charge is 2.21. The molecule has 0 amide bonds. The van der Waals surface area contributed by atoms with Crippen LogP contribution in [-0.2, 0) is 0 Å². The minimum Gasteiger partial charge on any atom is -0.391 e. The predicted octanol–water partition coefficient (Wildman–Crippen LogP) is 1.10. The standard InChI is InChI=1S/C13H14N2O2/c16-10-5-6-15(8-10)12-7-9-3-1-2-4-11(9)13(17)14-12/h1-4,7,10,16H,5-6,8H2,(H,14,17). The van der Waals surface area contributed by atoms with Gasteiger partial charge in [-0.15, -0.1) is 0 Å². The van der Waals surface area contributed by atoms with Crippen LogP contribution >= 0.6 is 0 Å². The highest BCUT2D eigenvalue weighted by molar-refractivity contribution is 5.83. The zero-order valence-corrected chi connectivity index (χ0v) is 9.39. The van der Waals surface area contributed by atoms with Gasteiger partial charge >= 0.3 is 0 Å². The van der Waals surface area contributed by atoms with Crippen LogP contribution in [0.15, 0.2) is 35.1 Å².